The third-order valence-corrected chi connectivity index (χ3v) is 4.36. The van der Waals surface area contributed by atoms with Crippen LogP contribution in [0.1, 0.15) is 16.1 Å². The number of nitrogens with zero attached hydrogens (tertiary/aromatic N) is 2. The van der Waals surface area contributed by atoms with Gasteiger partial charge in [-0.3, -0.25) is 20.4 Å². The predicted octanol–water partition coefficient (Wildman–Crippen LogP) is 2.16. The molecule has 0 aliphatic heterocycles. The minimum absolute atomic E-state index is 0.0604. The smallest absolute Gasteiger partial charge is 0.437 e. The molecule has 0 aliphatic carbocycles. The summed E-state index contributed by atoms with van der Waals surface area (Å²) in [6.45, 7) is 1.23. The summed E-state index contributed by atoms with van der Waals surface area (Å²) in [6.07, 6.45) is 0. The van der Waals surface area contributed by atoms with E-state index >= 15 is 0 Å². The summed E-state index contributed by atoms with van der Waals surface area (Å²) in [6, 6.07) is 12.3. The van der Waals surface area contributed by atoms with Crippen LogP contribution in [0.4, 0.5) is 4.39 Å². The number of rotatable bonds is 4. The van der Waals surface area contributed by atoms with Crippen molar-refractivity contribution in [1.82, 2.24) is 20.6 Å². The summed E-state index contributed by atoms with van der Waals surface area (Å²) in [7, 11) is 0. The molecule has 0 radical (unpaired) electrons. The Bertz CT molecular complexity index is 1300. The van der Waals surface area contributed by atoms with E-state index in [1.54, 1.807) is 19.1 Å². The number of furan rings is 1. The van der Waals surface area contributed by atoms with Gasteiger partial charge in [0.05, 0.1) is 0 Å². The van der Waals surface area contributed by atoms with Crippen LogP contribution in [0.15, 0.2) is 62.2 Å². The molecule has 2 N–H and O–H groups in total. The van der Waals surface area contributed by atoms with Crippen LogP contribution in [-0.4, -0.2) is 21.6 Å². The number of nitrogens with one attached hydrogen (secondary N) is 2. The second kappa shape index (κ2) is 7.66. The summed E-state index contributed by atoms with van der Waals surface area (Å²) in [5.41, 5.74) is 5.99. The van der Waals surface area contributed by atoms with Gasteiger partial charge in [0.25, 0.3) is 5.91 Å². The quantitative estimate of drug-likeness (QED) is 0.498. The van der Waals surface area contributed by atoms with E-state index in [2.05, 4.69) is 16.0 Å². The van der Waals surface area contributed by atoms with Crippen LogP contribution in [0.5, 0.6) is 0 Å². The first-order valence-electron chi connectivity index (χ1n) is 8.83. The van der Waals surface area contributed by atoms with Crippen molar-refractivity contribution in [2.24, 2.45) is 0 Å². The molecule has 4 rings (SSSR count). The maximum Gasteiger partial charge on any atom is 0.437 e. The normalized spacial score (nSPS) is 10.9. The van der Waals surface area contributed by atoms with Crippen LogP contribution in [0.25, 0.3) is 22.4 Å². The monoisotopic (exact) mass is 410 g/mol. The maximum absolute atomic E-state index is 13.0. The number of carbonyl (C=O) groups is 2. The number of amides is 2. The van der Waals surface area contributed by atoms with Gasteiger partial charge in [-0.05, 0) is 37.3 Å². The Morgan fingerprint density at radius 3 is 2.53 bits per heavy atom. The lowest BCUT2D eigenvalue weighted by Gasteiger charge is -2.05. The number of aryl methyl sites for hydroxylation is 1. The largest absolute Gasteiger partial charge is 0.451 e. The fourth-order valence-corrected chi connectivity index (χ4v) is 2.86. The average Bonchev–Trinajstić information content (AvgIpc) is 3.27. The molecule has 0 fully saturated rings. The van der Waals surface area contributed by atoms with Gasteiger partial charge in [-0.1, -0.05) is 18.2 Å². The first kappa shape index (κ1) is 19.1. The van der Waals surface area contributed by atoms with Crippen molar-refractivity contribution >= 4 is 22.8 Å². The van der Waals surface area contributed by atoms with E-state index < -0.39 is 29.9 Å². The van der Waals surface area contributed by atoms with Crippen molar-refractivity contribution in [3.05, 3.63) is 76.2 Å². The third kappa shape index (κ3) is 3.70. The molecule has 9 nitrogen and oxygen atoms in total. The van der Waals surface area contributed by atoms with Crippen molar-refractivity contribution < 1.29 is 22.8 Å². The van der Waals surface area contributed by atoms with Crippen LogP contribution in [-0.2, 0) is 11.3 Å². The highest BCUT2D eigenvalue weighted by molar-refractivity contribution is 5.99. The van der Waals surface area contributed by atoms with Gasteiger partial charge < -0.3 is 8.83 Å². The van der Waals surface area contributed by atoms with Crippen LogP contribution in [0.3, 0.4) is 0 Å². The lowest BCUT2D eigenvalue weighted by Crippen LogP contribution is -2.44. The molecule has 2 heterocycles. The molecule has 0 spiro atoms. The summed E-state index contributed by atoms with van der Waals surface area (Å²) >= 11 is 0. The van der Waals surface area contributed by atoms with Crippen LogP contribution < -0.4 is 16.6 Å². The Morgan fingerprint density at radius 2 is 1.80 bits per heavy atom. The molecule has 0 unspecified atom stereocenters. The van der Waals surface area contributed by atoms with E-state index in [0.717, 1.165) is 10.1 Å². The van der Waals surface area contributed by atoms with Gasteiger partial charge in [-0.25, -0.2) is 9.18 Å². The molecule has 152 valence electrons. The van der Waals surface area contributed by atoms with Crippen molar-refractivity contribution in [3.63, 3.8) is 0 Å². The zero-order chi connectivity index (χ0) is 21.3. The van der Waals surface area contributed by atoms with Crippen LogP contribution in [0.2, 0.25) is 0 Å². The molecule has 4 aromatic rings. The molecular formula is C20H15FN4O5. The molecule has 0 bridgehead atoms. The number of hydrogen-bond donors (Lipinski definition) is 2. The minimum Gasteiger partial charge on any atom is -0.451 e. The highest BCUT2D eigenvalue weighted by Crippen LogP contribution is 2.24. The van der Waals surface area contributed by atoms with Crippen molar-refractivity contribution in [3.8, 4) is 11.5 Å². The summed E-state index contributed by atoms with van der Waals surface area (Å²) in [5.74, 6) is -2.67. The average molecular weight is 410 g/mol. The van der Waals surface area contributed by atoms with E-state index in [9.17, 15) is 18.8 Å². The molecule has 30 heavy (non-hydrogen) atoms. The summed E-state index contributed by atoms with van der Waals surface area (Å²) in [4.78, 5) is 36.3. The second-order valence-electron chi connectivity index (χ2n) is 6.39. The molecule has 0 saturated heterocycles. The van der Waals surface area contributed by atoms with E-state index in [1.165, 1.54) is 24.3 Å². The lowest BCUT2D eigenvalue weighted by molar-refractivity contribution is -0.122. The Kier molecular flexibility index (Phi) is 4.88. The number of carbonyl (C=O) groups excluding carboxylic acids is 2. The Balaban J connectivity index is 1.41. The van der Waals surface area contributed by atoms with E-state index in [-0.39, 0.29) is 11.7 Å². The molecule has 2 aromatic heterocycles. The number of hydrogen-bond acceptors (Lipinski definition) is 6. The van der Waals surface area contributed by atoms with Gasteiger partial charge in [0.15, 0.2) is 5.76 Å². The van der Waals surface area contributed by atoms with Crippen molar-refractivity contribution in [2.45, 2.75) is 13.5 Å². The van der Waals surface area contributed by atoms with Gasteiger partial charge in [0.2, 0.25) is 5.89 Å². The molecule has 10 heteroatoms. The van der Waals surface area contributed by atoms with Crippen molar-refractivity contribution in [1.29, 1.82) is 0 Å². The van der Waals surface area contributed by atoms with Gasteiger partial charge in [-0.15, -0.1) is 5.10 Å². The molecule has 2 aromatic carbocycles. The van der Waals surface area contributed by atoms with Crippen molar-refractivity contribution in [2.75, 3.05) is 0 Å². The van der Waals surface area contributed by atoms with Crippen LogP contribution in [0, 0.1) is 12.7 Å². The molecule has 0 atom stereocenters. The highest BCUT2D eigenvalue weighted by atomic mass is 19.1. The fourth-order valence-electron chi connectivity index (χ4n) is 2.86. The Labute approximate surface area is 168 Å². The highest BCUT2D eigenvalue weighted by Gasteiger charge is 2.19. The molecular weight excluding hydrogens is 395 g/mol. The topological polar surface area (TPSA) is 119 Å². The van der Waals surface area contributed by atoms with E-state index in [1.807, 2.05) is 12.1 Å². The number of benzene rings is 2. The lowest BCUT2D eigenvalue weighted by atomic mass is 10.1. The first-order chi connectivity index (χ1) is 14.4. The maximum atomic E-state index is 13.0. The summed E-state index contributed by atoms with van der Waals surface area (Å²) in [5, 5.41) is 4.69. The van der Waals surface area contributed by atoms with Gasteiger partial charge in [-0.2, -0.15) is 4.68 Å². The van der Waals surface area contributed by atoms with E-state index in [0.29, 0.717) is 16.7 Å². The fraction of sp³-hybridized carbons (Fsp3) is 0.100. The van der Waals surface area contributed by atoms with Gasteiger partial charge >= 0.3 is 11.7 Å². The number of halogens is 1. The number of para-hydroxylation sites is 1. The predicted molar refractivity (Wildman–Crippen MR) is 103 cm³/mol. The van der Waals surface area contributed by atoms with E-state index in [4.69, 9.17) is 8.83 Å². The third-order valence-electron chi connectivity index (χ3n) is 4.36. The van der Waals surface area contributed by atoms with Gasteiger partial charge in [0.1, 0.15) is 17.9 Å². The zero-order valence-electron chi connectivity index (χ0n) is 15.6. The standard InChI is InChI=1S/C20H15FN4O5/c1-11-14-4-2-3-5-15(14)29-17(11)18(27)23-22-16(26)10-25-20(28)30-19(24-25)12-6-8-13(21)9-7-12/h2-9H,10H2,1H3,(H,22,26)(H,23,27). The first-order valence-corrected chi connectivity index (χ1v) is 8.83. The number of fused-ring (bicyclic) bond motifs is 1. The second-order valence-corrected chi connectivity index (χ2v) is 6.39. The van der Waals surface area contributed by atoms with Gasteiger partial charge in [0, 0.05) is 16.5 Å². The Morgan fingerprint density at radius 1 is 1.07 bits per heavy atom. The minimum atomic E-state index is -0.871. The Hall–Kier alpha value is -4.21. The zero-order valence-corrected chi connectivity index (χ0v) is 15.6. The molecule has 2 amide bonds. The SMILES string of the molecule is Cc1c(C(=O)NNC(=O)Cn2nc(-c3ccc(F)cc3)oc2=O)oc2ccccc12. The number of aromatic nitrogens is 2. The van der Waals surface area contributed by atoms with Crippen LogP contribution >= 0.6 is 0 Å². The number of hydrazine groups is 1. The molecule has 0 saturated carbocycles. The summed E-state index contributed by atoms with van der Waals surface area (Å²) < 4.78 is 24.3. The molecule has 0 aliphatic rings.